The molecule has 65 valence electrons. The Hall–Kier alpha value is -2.00. The molecule has 0 unspecified atom stereocenters. The van der Waals surface area contributed by atoms with Gasteiger partial charge in [-0.2, -0.15) is 0 Å². The fraction of sp³-hybridized carbons (Fsp3) is 0. The molecule has 0 fully saturated rings. The molecule has 2 aromatic rings. The topological polar surface area (TPSA) is 0 Å². The average molecular weight is 177 g/mol. The lowest BCUT2D eigenvalue weighted by atomic mass is 10.2. The molecule has 0 amide bonds. The predicted octanol–water partition coefficient (Wildman–Crippen LogP) is 2.89. The lowest BCUT2D eigenvalue weighted by Crippen LogP contribution is -1.73. The number of hydrogen-bond acceptors (Lipinski definition) is 0. The highest BCUT2D eigenvalue weighted by Gasteiger charge is 1.83. The van der Waals surface area contributed by atoms with E-state index in [1.54, 1.807) is 0 Å². The van der Waals surface area contributed by atoms with Crippen molar-refractivity contribution in [3.63, 3.8) is 0 Å². The minimum atomic E-state index is 1.02. The van der Waals surface area contributed by atoms with Gasteiger partial charge in [0.25, 0.3) is 0 Å². The Morgan fingerprint density at radius 2 is 1.29 bits per heavy atom. The maximum absolute atomic E-state index is 3.10. The van der Waals surface area contributed by atoms with Crippen LogP contribution in [0.25, 0.3) is 0 Å². The Labute approximate surface area is 84.2 Å². The molecule has 0 heteroatoms. The van der Waals surface area contributed by atoms with E-state index in [-0.39, 0.29) is 0 Å². The molecule has 0 saturated carbocycles. The van der Waals surface area contributed by atoms with Crippen LogP contribution in [-0.4, -0.2) is 0 Å². The highest BCUT2D eigenvalue weighted by atomic mass is 13.9. The highest BCUT2D eigenvalue weighted by Crippen LogP contribution is 1.98. The molecule has 0 aliphatic heterocycles. The second kappa shape index (κ2) is 4.30. The van der Waals surface area contributed by atoms with E-state index in [1.165, 1.54) is 0 Å². The van der Waals surface area contributed by atoms with Crippen LogP contribution >= 0.6 is 0 Å². The first kappa shape index (κ1) is 8.59. The van der Waals surface area contributed by atoms with Gasteiger partial charge in [-0.3, -0.25) is 0 Å². The molecule has 1 radical (unpaired) electrons. The molecule has 0 bridgehead atoms. The van der Waals surface area contributed by atoms with Crippen molar-refractivity contribution >= 4 is 0 Å². The molecule has 0 aromatic heterocycles. The van der Waals surface area contributed by atoms with Crippen molar-refractivity contribution in [3.05, 3.63) is 71.8 Å². The standard InChI is InChI=1S/C14H9/c1-3-7-13(8-4-1)11-12-14-9-5-2-6-10-14/h1,3-10H. The Morgan fingerprint density at radius 1 is 0.714 bits per heavy atom. The van der Waals surface area contributed by atoms with Crippen LogP contribution in [0.1, 0.15) is 11.1 Å². The largest absolute Gasteiger partial charge is 0.0622 e. The summed E-state index contributed by atoms with van der Waals surface area (Å²) in [5, 5.41) is 0. The summed E-state index contributed by atoms with van der Waals surface area (Å²) in [6.07, 6.45) is 0. The van der Waals surface area contributed by atoms with Crippen LogP contribution in [0.4, 0.5) is 0 Å². The number of hydrogen-bond donors (Lipinski definition) is 0. The van der Waals surface area contributed by atoms with Gasteiger partial charge in [0, 0.05) is 11.1 Å². The molecular formula is C14H9. The molecule has 0 aliphatic carbocycles. The van der Waals surface area contributed by atoms with Gasteiger partial charge in [0.2, 0.25) is 0 Å². The summed E-state index contributed by atoms with van der Waals surface area (Å²) in [5.41, 5.74) is 2.06. The maximum atomic E-state index is 3.10. The number of benzene rings is 2. The second-order valence-electron chi connectivity index (χ2n) is 2.90. The van der Waals surface area contributed by atoms with Gasteiger partial charge < -0.3 is 0 Å². The molecule has 0 atom stereocenters. The molecule has 0 nitrogen and oxygen atoms in total. The zero-order valence-corrected chi connectivity index (χ0v) is 7.70. The van der Waals surface area contributed by atoms with Gasteiger partial charge in [0.1, 0.15) is 0 Å². The number of rotatable bonds is 0. The molecule has 0 aliphatic rings. The zero-order valence-electron chi connectivity index (χ0n) is 7.70. The normalized spacial score (nSPS) is 8.86. The van der Waals surface area contributed by atoms with Gasteiger partial charge in [0.15, 0.2) is 0 Å². The zero-order chi connectivity index (χ0) is 9.64. The van der Waals surface area contributed by atoms with Crippen LogP contribution < -0.4 is 0 Å². The smallest absolute Gasteiger partial charge is 0.0249 e. The first-order chi connectivity index (χ1) is 6.95. The molecule has 14 heavy (non-hydrogen) atoms. The SMILES string of the molecule is C(#Cc1ccccc1)c1cc[c]cc1. The maximum Gasteiger partial charge on any atom is 0.0249 e. The van der Waals surface area contributed by atoms with E-state index in [1.807, 2.05) is 54.6 Å². The average Bonchev–Trinajstić information content (AvgIpc) is 2.29. The first-order valence-corrected chi connectivity index (χ1v) is 4.48. The molecule has 0 N–H and O–H groups in total. The first-order valence-electron chi connectivity index (χ1n) is 4.48. The van der Waals surface area contributed by atoms with Crippen molar-refractivity contribution in [2.45, 2.75) is 0 Å². The van der Waals surface area contributed by atoms with Crippen LogP contribution in [-0.2, 0) is 0 Å². The van der Waals surface area contributed by atoms with Gasteiger partial charge >= 0.3 is 0 Å². The quantitative estimate of drug-likeness (QED) is 0.543. The summed E-state index contributed by atoms with van der Waals surface area (Å²) in [4.78, 5) is 0. The van der Waals surface area contributed by atoms with E-state index in [4.69, 9.17) is 0 Å². The summed E-state index contributed by atoms with van der Waals surface area (Å²) in [6, 6.07) is 20.6. The van der Waals surface area contributed by atoms with Crippen molar-refractivity contribution in [2.75, 3.05) is 0 Å². The third-order valence-corrected chi connectivity index (χ3v) is 1.84. The van der Waals surface area contributed by atoms with E-state index in [0.717, 1.165) is 11.1 Å². The fourth-order valence-corrected chi connectivity index (χ4v) is 1.14. The van der Waals surface area contributed by atoms with Crippen LogP contribution in [0.2, 0.25) is 0 Å². The van der Waals surface area contributed by atoms with Crippen molar-refractivity contribution < 1.29 is 0 Å². The predicted molar refractivity (Wildman–Crippen MR) is 57.7 cm³/mol. The van der Waals surface area contributed by atoms with Gasteiger partial charge in [-0.05, 0) is 30.3 Å². The van der Waals surface area contributed by atoms with Crippen molar-refractivity contribution in [2.24, 2.45) is 0 Å². The van der Waals surface area contributed by atoms with Gasteiger partial charge in [-0.25, -0.2) is 0 Å². The third-order valence-electron chi connectivity index (χ3n) is 1.84. The molecule has 0 saturated heterocycles. The van der Waals surface area contributed by atoms with Crippen molar-refractivity contribution in [3.8, 4) is 11.8 Å². The summed E-state index contributed by atoms with van der Waals surface area (Å²) in [5.74, 6) is 6.19. The van der Waals surface area contributed by atoms with E-state index in [9.17, 15) is 0 Å². The van der Waals surface area contributed by atoms with E-state index in [2.05, 4.69) is 17.9 Å². The summed E-state index contributed by atoms with van der Waals surface area (Å²) >= 11 is 0. The summed E-state index contributed by atoms with van der Waals surface area (Å²) in [6.45, 7) is 0. The molecule has 2 aromatic carbocycles. The van der Waals surface area contributed by atoms with Crippen molar-refractivity contribution in [1.29, 1.82) is 0 Å². The molecule has 2 rings (SSSR count). The lowest BCUT2D eigenvalue weighted by molar-refractivity contribution is 1.62. The van der Waals surface area contributed by atoms with E-state index in [0.29, 0.717) is 0 Å². The van der Waals surface area contributed by atoms with E-state index < -0.39 is 0 Å². The highest BCUT2D eigenvalue weighted by molar-refractivity contribution is 5.42. The van der Waals surface area contributed by atoms with Crippen LogP contribution in [0.3, 0.4) is 0 Å². The van der Waals surface area contributed by atoms with Gasteiger partial charge in [-0.1, -0.05) is 42.2 Å². The van der Waals surface area contributed by atoms with Gasteiger partial charge in [-0.15, -0.1) is 0 Å². The minimum Gasteiger partial charge on any atom is -0.0622 e. The Bertz CT molecular complexity index is 400. The van der Waals surface area contributed by atoms with Crippen LogP contribution in [0, 0.1) is 17.9 Å². The van der Waals surface area contributed by atoms with Crippen molar-refractivity contribution in [1.82, 2.24) is 0 Å². The molecular weight excluding hydrogens is 168 g/mol. The minimum absolute atomic E-state index is 1.02. The summed E-state index contributed by atoms with van der Waals surface area (Å²) in [7, 11) is 0. The summed E-state index contributed by atoms with van der Waals surface area (Å²) < 4.78 is 0. The lowest BCUT2D eigenvalue weighted by Gasteiger charge is -1.88. The Balaban J connectivity index is 2.24. The third kappa shape index (κ3) is 2.24. The van der Waals surface area contributed by atoms with Crippen LogP contribution in [0.5, 0.6) is 0 Å². The monoisotopic (exact) mass is 177 g/mol. The van der Waals surface area contributed by atoms with Crippen LogP contribution in [0.15, 0.2) is 54.6 Å². The second-order valence-corrected chi connectivity index (χ2v) is 2.90. The van der Waals surface area contributed by atoms with E-state index >= 15 is 0 Å². The fourth-order valence-electron chi connectivity index (χ4n) is 1.14. The molecule has 0 spiro atoms. The van der Waals surface area contributed by atoms with Gasteiger partial charge in [0.05, 0.1) is 0 Å². The molecule has 0 heterocycles. The Kier molecular flexibility index (Phi) is 2.64. The Morgan fingerprint density at radius 3 is 1.93 bits per heavy atom.